The first-order valence-electron chi connectivity index (χ1n) is 5.69. The summed E-state index contributed by atoms with van der Waals surface area (Å²) in [5.74, 6) is -0.206. The molecule has 0 spiro atoms. The molecule has 2 rings (SSSR count). The number of esters is 1. The second-order valence-electron chi connectivity index (χ2n) is 4.24. The van der Waals surface area contributed by atoms with Gasteiger partial charge in [-0.25, -0.2) is 0 Å². The highest BCUT2D eigenvalue weighted by Crippen LogP contribution is 2.44. The van der Waals surface area contributed by atoms with Gasteiger partial charge >= 0.3 is 5.97 Å². The molecule has 3 heteroatoms. The number of carbonyl (C=O) groups excluding carboxylic acids is 1. The van der Waals surface area contributed by atoms with Crippen molar-refractivity contribution in [3.8, 4) is 0 Å². The molecule has 1 aliphatic rings. The van der Waals surface area contributed by atoms with Gasteiger partial charge in [0.1, 0.15) is 6.10 Å². The molecule has 0 saturated heterocycles. The summed E-state index contributed by atoms with van der Waals surface area (Å²) in [6, 6.07) is 10.3. The first-order chi connectivity index (χ1) is 8.13. The van der Waals surface area contributed by atoms with E-state index in [4.69, 9.17) is 4.74 Å². The lowest BCUT2D eigenvalue weighted by Crippen LogP contribution is -2.38. The number of hydrogen-bond donors (Lipinski definition) is 0. The summed E-state index contributed by atoms with van der Waals surface area (Å²) in [4.78, 5) is 11.2. The Hall–Kier alpha value is -0.840. The minimum Gasteiger partial charge on any atom is -0.460 e. The van der Waals surface area contributed by atoms with E-state index in [0.717, 1.165) is 12.8 Å². The van der Waals surface area contributed by atoms with Gasteiger partial charge in [0, 0.05) is 13.3 Å². The first-order valence-corrected chi connectivity index (χ1v) is 6.77. The van der Waals surface area contributed by atoms with Gasteiger partial charge in [0.15, 0.2) is 0 Å². The van der Waals surface area contributed by atoms with Crippen molar-refractivity contribution < 1.29 is 9.53 Å². The zero-order valence-electron chi connectivity index (χ0n) is 9.73. The number of hydrogen-bond acceptors (Lipinski definition) is 2. The smallest absolute Gasteiger partial charge is 0.302 e. The Morgan fingerprint density at radius 1 is 1.35 bits per heavy atom. The summed E-state index contributed by atoms with van der Waals surface area (Å²) >= 11 is 2.42. The number of alkyl halides is 1. The summed E-state index contributed by atoms with van der Waals surface area (Å²) in [5, 5.41) is 0. The van der Waals surface area contributed by atoms with Crippen molar-refractivity contribution in [1.82, 2.24) is 0 Å². The van der Waals surface area contributed by atoms with Gasteiger partial charge in [-0.05, 0) is 12.0 Å². The van der Waals surface area contributed by atoms with Crippen LogP contribution < -0.4 is 0 Å². The second kappa shape index (κ2) is 5.21. The van der Waals surface area contributed by atoms with E-state index in [1.165, 1.54) is 12.5 Å². The van der Waals surface area contributed by atoms with E-state index in [2.05, 4.69) is 46.9 Å². The van der Waals surface area contributed by atoms with Crippen LogP contribution in [0.1, 0.15) is 25.3 Å². The predicted molar refractivity (Wildman–Crippen MR) is 76.1 cm³/mol. The summed E-state index contributed by atoms with van der Waals surface area (Å²) in [5.41, 5.74) is 1.22. The molecule has 0 saturated carbocycles. The van der Waals surface area contributed by atoms with Crippen LogP contribution in [0.4, 0.5) is 0 Å². The van der Waals surface area contributed by atoms with Crippen LogP contribution >= 0.6 is 22.6 Å². The lowest BCUT2D eigenvalue weighted by molar-refractivity contribution is -0.147. The van der Waals surface area contributed by atoms with Gasteiger partial charge in [-0.15, -0.1) is 0 Å². The van der Waals surface area contributed by atoms with Crippen LogP contribution in [0.15, 0.2) is 42.5 Å². The van der Waals surface area contributed by atoms with Crippen molar-refractivity contribution in [2.24, 2.45) is 0 Å². The standard InChI is InChI=1S/C14H15IO2/c1-11(16)17-13-9-5-6-10-14(13,15)12-7-3-2-4-8-12/h2-8,13H,9-10H2,1H3. The number of allylic oxidation sites excluding steroid dienone is 1. The summed E-state index contributed by atoms with van der Waals surface area (Å²) in [7, 11) is 0. The van der Waals surface area contributed by atoms with E-state index in [1.807, 2.05) is 18.2 Å². The fourth-order valence-corrected chi connectivity index (χ4v) is 3.15. The minimum atomic E-state index is -0.206. The van der Waals surface area contributed by atoms with E-state index in [-0.39, 0.29) is 15.5 Å². The molecule has 0 fully saturated rings. The van der Waals surface area contributed by atoms with E-state index < -0.39 is 0 Å². The second-order valence-corrected chi connectivity index (χ2v) is 6.16. The maximum atomic E-state index is 11.2. The number of halogens is 1. The Kier molecular flexibility index (Phi) is 3.86. The van der Waals surface area contributed by atoms with Gasteiger partial charge in [0.05, 0.1) is 3.42 Å². The van der Waals surface area contributed by atoms with Crippen molar-refractivity contribution >= 4 is 28.6 Å². The van der Waals surface area contributed by atoms with Crippen LogP contribution in [-0.2, 0) is 13.0 Å². The van der Waals surface area contributed by atoms with Crippen LogP contribution in [0.2, 0.25) is 0 Å². The molecule has 0 bridgehead atoms. The van der Waals surface area contributed by atoms with E-state index in [1.54, 1.807) is 0 Å². The summed E-state index contributed by atoms with van der Waals surface area (Å²) < 4.78 is 5.32. The van der Waals surface area contributed by atoms with Crippen molar-refractivity contribution in [3.63, 3.8) is 0 Å². The van der Waals surface area contributed by atoms with Crippen LogP contribution in [0.5, 0.6) is 0 Å². The highest BCUT2D eigenvalue weighted by atomic mass is 127. The average Bonchev–Trinajstić information content (AvgIpc) is 2.33. The Bertz CT molecular complexity index is 427. The third-order valence-electron chi connectivity index (χ3n) is 3.00. The third kappa shape index (κ3) is 2.70. The number of ether oxygens (including phenoxy) is 1. The predicted octanol–water partition coefficient (Wildman–Crippen LogP) is 3.60. The molecular formula is C14H15IO2. The van der Waals surface area contributed by atoms with Gasteiger partial charge in [-0.2, -0.15) is 0 Å². The van der Waals surface area contributed by atoms with Crippen molar-refractivity contribution in [2.75, 3.05) is 0 Å². The SMILES string of the molecule is CC(=O)OC1CC=CCC1(I)c1ccccc1. The molecule has 0 aliphatic heterocycles. The minimum absolute atomic E-state index is 0.0759. The Morgan fingerprint density at radius 2 is 2.06 bits per heavy atom. The monoisotopic (exact) mass is 342 g/mol. The molecule has 0 aromatic heterocycles. The Morgan fingerprint density at radius 3 is 2.71 bits per heavy atom. The number of rotatable bonds is 2. The Balaban J connectivity index is 2.32. The largest absolute Gasteiger partial charge is 0.460 e. The van der Waals surface area contributed by atoms with Gasteiger partial charge in [-0.1, -0.05) is 65.1 Å². The summed E-state index contributed by atoms with van der Waals surface area (Å²) in [6.45, 7) is 1.47. The van der Waals surface area contributed by atoms with E-state index >= 15 is 0 Å². The van der Waals surface area contributed by atoms with E-state index in [0.29, 0.717) is 0 Å². The third-order valence-corrected chi connectivity index (χ3v) is 4.76. The molecule has 0 radical (unpaired) electrons. The number of benzene rings is 1. The molecule has 2 nitrogen and oxygen atoms in total. The average molecular weight is 342 g/mol. The van der Waals surface area contributed by atoms with E-state index in [9.17, 15) is 4.79 Å². The van der Waals surface area contributed by atoms with Crippen LogP contribution in [0.3, 0.4) is 0 Å². The highest BCUT2D eigenvalue weighted by Gasteiger charge is 2.40. The van der Waals surface area contributed by atoms with Gasteiger partial charge in [0.25, 0.3) is 0 Å². The first kappa shape index (κ1) is 12.6. The molecule has 1 aromatic rings. The molecule has 90 valence electrons. The fourth-order valence-electron chi connectivity index (χ4n) is 2.15. The maximum absolute atomic E-state index is 11.2. The number of carbonyl (C=O) groups is 1. The topological polar surface area (TPSA) is 26.3 Å². The molecule has 17 heavy (non-hydrogen) atoms. The quantitative estimate of drug-likeness (QED) is 0.355. The fraction of sp³-hybridized carbons (Fsp3) is 0.357. The normalized spacial score (nSPS) is 27.8. The lowest BCUT2D eigenvalue weighted by Gasteiger charge is -2.36. The van der Waals surface area contributed by atoms with Gasteiger partial charge < -0.3 is 4.74 Å². The van der Waals surface area contributed by atoms with Crippen LogP contribution in [0.25, 0.3) is 0 Å². The zero-order valence-corrected chi connectivity index (χ0v) is 11.9. The highest BCUT2D eigenvalue weighted by molar-refractivity contribution is 14.1. The zero-order chi connectivity index (χ0) is 12.3. The molecule has 2 atom stereocenters. The van der Waals surface area contributed by atoms with Crippen LogP contribution in [-0.4, -0.2) is 12.1 Å². The van der Waals surface area contributed by atoms with Crippen LogP contribution in [0, 0.1) is 0 Å². The molecular weight excluding hydrogens is 327 g/mol. The lowest BCUT2D eigenvalue weighted by atomic mass is 9.85. The molecule has 0 N–H and O–H groups in total. The maximum Gasteiger partial charge on any atom is 0.302 e. The summed E-state index contributed by atoms with van der Waals surface area (Å²) in [6.07, 6.45) is 5.87. The molecule has 0 amide bonds. The molecule has 1 aliphatic carbocycles. The van der Waals surface area contributed by atoms with Crippen molar-refractivity contribution in [1.29, 1.82) is 0 Å². The van der Waals surface area contributed by atoms with Gasteiger partial charge in [-0.3, -0.25) is 4.79 Å². The Labute approximate surface area is 115 Å². The molecule has 2 unspecified atom stereocenters. The van der Waals surface area contributed by atoms with Crippen molar-refractivity contribution in [3.05, 3.63) is 48.0 Å². The molecule has 0 heterocycles. The van der Waals surface area contributed by atoms with Gasteiger partial charge in [0.2, 0.25) is 0 Å². The molecule has 1 aromatic carbocycles. The van der Waals surface area contributed by atoms with Crippen molar-refractivity contribution in [2.45, 2.75) is 29.3 Å².